The fourth-order valence-corrected chi connectivity index (χ4v) is 3.12. The molecule has 0 amide bonds. The molecule has 0 saturated carbocycles. The summed E-state index contributed by atoms with van der Waals surface area (Å²) in [5.41, 5.74) is 2.37. The van der Waals surface area contributed by atoms with Gasteiger partial charge in [-0.25, -0.2) is 15.0 Å². The number of aromatic hydroxyl groups is 1. The van der Waals surface area contributed by atoms with E-state index in [4.69, 9.17) is 4.74 Å². The predicted molar refractivity (Wildman–Crippen MR) is 108 cm³/mol. The monoisotopic (exact) mass is 375 g/mol. The Bertz CT molecular complexity index is 1140. The van der Waals surface area contributed by atoms with E-state index in [0.717, 1.165) is 21.8 Å². The second-order valence-electron chi connectivity index (χ2n) is 6.53. The highest BCUT2D eigenvalue weighted by Gasteiger charge is 2.17. The van der Waals surface area contributed by atoms with E-state index in [-0.39, 0.29) is 11.9 Å². The molecular weight excluding hydrogens is 354 g/mol. The first kappa shape index (κ1) is 17.9. The number of nitrogens with zero attached hydrogens (tertiary/aromatic N) is 4. The molecule has 2 aromatic carbocycles. The molecule has 0 fully saturated rings. The van der Waals surface area contributed by atoms with E-state index in [1.807, 2.05) is 54.6 Å². The minimum Gasteiger partial charge on any atom is -0.493 e. The molecule has 1 aromatic heterocycles. The van der Waals surface area contributed by atoms with Crippen LogP contribution in [-0.4, -0.2) is 34.7 Å². The summed E-state index contributed by atoms with van der Waals surface area (Å²) in [5, 5.41) is 15.6. The number of benzene rings is 2. The van der Waals surface area contributed by atoms with Crippen molar-refractivity contribution in [2.24, 2.45) is 17.0 Å². The SMILES string of the molecule is COC[C@H](Nc1nc(C=c2ccc3c(c2)N=CN=3)c(O)n1C)c1ccccc1. The van der Waals surface area contributed by atoms with Crippen LogP contribution in [0.1, 0.15) is 17.3 Å². The molecule has 0 aliphatic carbocycles. The number of aromatic nitrogens is 2. The first-order valence-corrected chi connectivity index (χ1v) is 8.94. The van der Waals surface area contributed by atoms with Gasteiger partial charge in [0.2, 0.25) is 11.8 Å². The van der Waals surface area contributed by atoms with Crippen LogP contribution in [0.3, 0.4) is 0 Å². The third kappa shape index (κ3) is 3.52. The lowest BCUT2D eigenvalue weighted by Gasteiger charge is -2.18. The zero-order chi connectivity index (χ0) is 19.5. The van der Waals surface area contributed by atoms with Gasteiger partial charge in [-0.15, -0.1) is 0 Å². The van der Waals surface area contributed by atoms with Crippen LogP contribution in [0.2, 0.25) is 0 Å². The molecular formula is C21H21N5O2. The van der Waals surface area contributed by atoms with Crippen molar-refractivity contribution in [1.29, 1.82) is 0 Å². The zero-order valence-corrected chi connectivity index (χ0v) is 15.7. The quantitative estimate of drug-likeness (QED) is 0.691. The number of rotatable bonds is 6. The molecule has 1 aliphatic heterocycles. The molecule has 1 atom stereocenters. The van der Waals surface area contributed by atoms with Crippen LogP contribution in [0, 0.1) is 0 Å². The lowest BCUT2D eigenvalue weighted by Crippen LogP contribution is -2.18. The fourth-order valence-electron chi connectivity index (χ4n) is 3.12. The van der Waals surface area contributed by atoms with Crippen molar-refractivity contribution in [3.8, 4) is 5.88 Å². The van der Waals surface area contributed by atoms with Gasteiger partial charge in [-0.2, -0.15) is 0 Å². The lowest BCUT2D eigenvalue weighted by atomic mass is 10.1. The topological polar surface area (TPSA) is 84.0 Å². The van der Waals surface area contributed by atoms with Gasteiger partial charge in [-0.3, -0.25) is 4.57 Å². The summed E-state index contributed by atoms with van der Waals surface area (Å²) in [6, 6.07) is 15.7. The molecule has 0 saturated heterocycles. The number of fused-ring (bicyclic) bond motifs is 1. The second kappa shape index (κ2) is 7.66. The molecule has 2 heterocycles. The number of ether oxygens (including phenoxy) is 1. The van der Waals surface area contributed by atoms with E-state index in [9.17, 15) is 5.11 Å². The van der Waals surface area contributed by atoms with E-state index in [1.54, 1.807) is 18.7 Å². The zero-order valence-electron chi connectivity index (χ0n) is 15.7. The van der Waals surface area contributed by atoms with Gasteiger partial charge in [0.1, 0.15) is 12.0 Å². The Morgan fingerprint density at radius 2 is 2.04 bits per heavy atom. The van der Waals surface area contributed by atoms with E-state index < -0.39 is 0 Å². The summed E-state index contributed by atoms with van der Waals surface area (Å²) in [4.78, 5) is 13.0. The molecule has 0 spiro atoms. The number of hydrogen-bond acceptors (Lipinski definition) is 6. The molecule has 28 heavy (non-hydrogen) atoms. The molecule has 0 unspecified atom stereocenters. The summed E-state index contributed by atoms with van der Waals surface area (Å²) in [6.07, 6.45) is 3.36. The highest BCUT2D eigenvalue weighted by Crippen LogP contribution is 2.25. The van der Waals surface area contributed by atoms with Gasteiger partial charge < -0.3 is 15.2 Å². The maximum atomic E-state index is 10.5. The van der Waals surface area contributed by atoms with Gasteiger partial charge >= 0.3 is 0 Å². The van der Waals surface area contributed by atoms with Gasteiger partial charge in [0.05, 0.1) is 23.7 Å². The largest absolute Gasteiger partial charge is 0.493 e. The first-order chi connectivity index (χ1) is 13.7. The van der Waals surface area contributed by atoms with E-state index in [2.05, 4.69) is 20.3 Å². The fraction of sp³-hybridized carbons (Fsp3) is 0.190. The van der Waals surface area contributed by atoms with Crippen LogP contribution in [0.25, 0.3) is 6.08 Å². The standard InChI is InChI=1S/C21H21N5O2/c1-26-20(27)18(11-14-8-9-16-17(10-14)23-13-22-16)24-21(26)25-19(12-28-2)15-6-4-3-5-7-15/h3-11,13,19,27H,12H2,1-2H3,(H,24,25)/t19-/m0/s1. The smallest absolute Gasteiger partial charge is 0.220 e. The Kier molecular flexibility index (Phi) is 4.90. The summed E-state index contributed by atoms with van der Waals surface area (Å²) >= 11 is 0. The van der Waals surface area contributed by atoms with Crippen molar-refractivity contribution in [2.75, 3.05) is 19.0 Å². The number of imidazole rings is 1. The number of aliphatic imine (C=N–C) groups is 1. The van der Waals surface area contributed by atoms with E-state index in [1.165, 1.54) is 6.34 Å². The Hall–Kier alpha value is -3.45. The first-order valence-electron chi connectivity index (χ1n) is 8.94. The molecule has 2 N–H and O–H groups in total. The van der Waals surface area contributed by atoms with Gasteiger partial charge in [0.15, 0.2) is 0 Å². The van der Waals surface area contributed by atoms with Gasteiger partial charge in [0, 0.05) is 14.2 Å². The van der Waals surface area contributed by atoms with Crippen LogP contribution in [0.5, 0.6) is 5.88 Å². The van der Waals surface area contributed by atoms with E-state index >= 15 is 0 Å². The van der Waals surface area contributed by atoms with Gasteiger partial charge in [0.25, 0.3) is 0 Å². The Morgan fingerprint density at radius 1 is 1.21 bits per heavy atom. The molecule has 4 rings (SSSR count). The summed E-state index contributed by atoms with van der Waals surface area (Å²) in [7, 11) is 3.43. The maximum absolute atomic E-state index is 10.5. The molecule has 0 radical (unpaired) electrons. The minimum atomic E-state index is -0.0875. The maximum Gasteiger partial charge on any atom is 0.220 e. The molecule has 0 bridgehead atoms. The van der Waals surface area contributed by atoms with Crippen molar-refractivity contribution >= 4 is 24.1 Å². The number of nitrogens with one attached hydrogen (secondary N) is 1. The van der Waals surface area contributed by atoms with Gasteiger partial charge in [-0.05, 0) is 29.0 Å². The second-order valence-corrected chi connectivity index (χ2v) is 6.53. The van der Waals surface area contributed by atoms with Crippen molar-refractivity contribution in [2.45, 2.75) is 6.04 Å². The number of methoxy groups -OCH3 is 1. The van der Waals surface area contributed by atoms with Gasteiger partial charge in [-0.1, -0.05) is 36.4 Å². The predicted octanol–water partition coefficient (Wildman–Crippen LogP) is 2.05. The number of hydrogen-bond donors (Lipinski definition) is 2. The third-order valence-electron chi connectivity index (χ3n) is 4.63. The average molecular weight is 375 g/mol. The van der Waals surface area contributed by atoms with E-state index in [0.29, 0.717) is 18.2 Å². The summed E-state index contributed by atoms with van der Waals surface area (Å²) < 4.78 is 6.98. The molecule has 142 valence electrons. The summed E-state index contributed by atoms with van der Waals surface area (Å²) in [5.74, 6) is 0.643. The minimum absolute atomic E-state index is 0.0837. The molecule has 1 aliphatic rings. The third-order valence-corrected chi connectivity index (χ3v) is 4.63. The Balaban J connectivity index is 1.66. The number of anilines is 1. The van der Waals surface area contributed by atoms with Crippen LogP contribution in [0.4, 0.5) is 11.6 Å². The lowest BCUT2D eigenvalue weighted by molar-refractivity contribution is 0.186. The van der Waals surface area contributed by atoms with Crippen LogP contribution >= 0.6 is 0 Å². The molecule has 7 nitrogen and oxygen atoms in total. The van der Waals surface area contributed by atoms with Crippen molar-refractivity contribution in [1.82, 2.24) is 9.55 Å². The van der Waals surface area contributed by atoms with Crippen molar-refractivity contribution in [3.63, 3.8) is 0 Å². The normalized spacial score (nSPS) is 14.0. The van der Waals surface area contributed by atoms with Crippen molar-refractivity contribution < 1.29 is 9.84 Å². The highest BCUT2D eigenvalue weighted by atomic mass is 16.5. The Labute approximate surface area is 162 Å². The van der Waals surface area contributed by atoms with Crippen LogP contribution < -0.4 is 15.9 Å². The average Bonchev–Trinajstić information content (AvgIpc) is 3.28. The molecule has 3 aromatic rings. The molecule has 7 heteroatoms. The highest BCUT2D eigenvalue weighted by molar-refractivity contribution is 5.67. The van der Waals surface area contributed by atoms with Crippen LogP contribution in [0.15, 0.2) is 58.5 Å². The van der Waals surface area contributed by atoms with Crippen LogP contribution in [-0.2, 0) is 11.8 Å². The van der Waals surface area contributed by atoms with Crippen molar-refractivity contribution in [3.05, 3.63) is 70.4 Å². The summed E-state index contributed by atoms with van der Waals surface area (Å²) in [6.45, 7) is 0.475. The Morgan fingerprint density at radius 3 is 2.82 bits per heavy atom.